The van der Waals surface area contributed by atoms with Gasteiger partial charge in [0.15, 0.2) is 6.20 Å². The Balaban J connectivity index is 1.66. The molecule has 4 heteroatoms. The fraction of sp³-hybridized carbons (Fsp3) is 0.258. The number of hydrogen-bond donors (Lipinski definition) is 0. The molecular formula is C31H27F3N+. The number of aromatic nitrogens is 1. The van der Waals surface area contributed by atoms with Crippen LogP contribution >= 0.6 is 0 Å². The number of nitrogens with zero attached hydrogens (tertiary/aromatic N) is 1. The number of aryl methyl sites for hydroxylation is 4. The van der Waals surface area contributed by atoms with E-state index >= 15 is 0 Å². The monoisotopic (exact) mass is 470 g/mol. The van der Waals surface area contributed by atoms with Crippen molar-refractivity contribution in [3.63, 3.8) is 0 Å². The summed E-state index contributed by atoms with van der Waals surface area (Å²) in [6, 6.07) is 14.1. The van der Waals surface area contributed by atoms with Crippen LogP contribution in [0.15, 0.2) is 48.7 Å². The van der Waals surface area contributed by atoms with E-state index in [1.807, 2.05) is 50.5 Å². The summed E-state index contributed by atoms with van der Waals surface area (Å²) in [5.74, 6) is 0. The molecule has 1 nitrogen and oxygen atoms in total. The molecule has 3 aromatic carbocycles. The Morgan fingerprint density at radius 2 is 1.49 bits per heavy atom. The molecule has 2 aliphatic carbocycles. The maximum absolute atomic E-state index is 14.8. The van der Waals surface area contributed by atoms with E-state index < -0.39 is 11.7 Å². The van der Waals surface area contributed by atoms with Gasteiger partial charge in [0.1, 0.15) is 7.05 Å². The molecule has 4 aromatic rings. The van der Waals surface area contributed by atoms with Gasteiger partial charge in [0.25, 0.3) is 0 Å². The number of fused-ring (bicyclic) bond motifs is 6. The van der Waals surface area contributed by atoms with Crippen molar-refractivity contribution in [2.75, 3.05) is 0 Å². The Bertz CT molecular complexity index is 1570. The van der Waals surface area contributed by atoms with Gasteiger partial charge in [0.2, 0.25) is 5.69 Å². The first-order valence-electron chi connectivity index (χ1n) is 12.0. The fourth-order valence-corrected chi connectivity index (χ4v) is 6.34. The Labute approximate surface area is 203 Å². The molecule has 0 N–H and O–H groups in total. The molecule has 1 aromatic heterocycles. The quantitative estimate of drug-likeness (QED) is 0.218. The van der Waals surface area contributed by atoms with Gasteiger partial charge < -0.3 is 0 Å². The lowest BCUT2D eigenvalue weighted by atomic mass is 9.90. The summed E-state index contributed by atoms with van der Waals surface area (Å²) in [5.41, 5.74) is 12.2. The Hall–Kier alpha value is -3.40. The van der Waals surface area contributed by atoms with Crippen molar-refractivity contribution in [2.24, 2.45) is 7.05 Å². The molecular weight excluding hydrogens is 443 g/mol. The van der Waals surface area contributed by atoms with Crippen molar-refractivity contribution in [3.05, 3.63) is 98.7 Å². The van der Waals surface area contributed by atoms with Gasteiger partial charge in [0.05, 0.1) is 5.56 Å². The van der Waals surface area contributed by atoms with Gasteiger partial charge in [-0.3, -0.25) is 0 Å². The molecule has 0 aliphatic heterocycles. The Morgan fingerprint density at radius 3 is 2.23 bits per heavy atom. The summed E-state index contributed by atoms with van der Waals surface area (Å²) in [7, 11) is 1.99. The largest absolute Gasteiger partial charge is 0.417 e. The van der Waals surface area contributed by atoms with Gasteiger partial charge in [-0.1, -0.05) is 29.8 Å². The van der Waals surface area contributed by atoms with E-state index in [0.717, 1.165) is 55.8 Å². The standard InChI is InChI=1S/C31H27F3N/c1-16-11-18(3)19(4)23(12-16)30-26-15-21-14-24-25(13-20-8-6-7-17(2)27(20)24)29(31(32,33)34)28(21)22(26)9-10-35(30)5/h6-12,14H,13,15H2,1-5H3/q+1. The summed E-state index contributed by atoms with van der Waals surface area (Å²) in [5, 5.41) is 0. The molecule has 2 aliphatic rings. The third-order valence-corrected chi connectivity index (χ3v) is 7.93. The molecule has 0 spiro atoms. The number of benzene rings is 3. The zero-order valence-electron chi connectivity index (χ0n) is 20.6. The van der Waals surface area contributed by atoms with Crippen LogP contribution in [-0.4, -0.2) is 0 Å². The first-order chi connectivity index (χ1) is 16.6. The summed E-state index contributed by atoms with van der Waals surface area (Å²) in [6.07, 6.45) is -1.69. The minimum Gasteiger partial charge on any atom is -0.201 e. The highest BCUT2D eigenvalue weighted by Gasteiger charge is 2.44. The summed E-state index contributed by atoms with van der Waals surface area (Å²) in [6.45, 7) is 8.25. The van der Waals surface area contributed by atoms with E-state index in [1.165, 1.54) is 11.1 Å². The third kappa shape index (κ3) is 3.12. The number of alkyl halides is 3. The van der Waals surface area contributed by atoms with E-state index in [1.54, 1.807) is 0 Å². The van der Waals surface area contributed by atoms with E-state index in [2.05, 4.69) is 37.5 Å². The van der Waals surface area contributed by atoms with Gasteiger partial charge in [-0.15, -0.1) is 0 Å². The number of hydrogen-bond acceptors (Lipinski definition) is 0. The molecule has 0 bridgehead atoms. The Kier molecular flexibility index (Phi) is 4.61. The zero-order valence-corrected chi connectivity index (χ0v) is 20.6. The average Bonchev–Trinajstić information content (AvgIpc) is 3.32. The van der Waals surface area contributed by atoms with Crippen molar-refractivity contribution in [3.8, 4) is 33.5 Å². The van der Waals surface area contributed by atoms with Crippen molar-refractivity contribution >= 4 is 0 Å². The fourth-order valence-electron chi connectivity index (χ4n) is 6.34. The van der Waals surface area contributed by atoms with Crippen LogP contribution in [-0.2, 0) is 26.1 Å². The summed E-state index contributed by atoms with van der Waals surface area (Å²) in [4.78, 5) is 0. The molecule has 176 valence electrons. The number of rotatable bonds is 1. The topological polar surface area (TPSA) is 3.88 Å². The zero-order chi connectivity index (χ0) is 24.8. The molecule has 0 amide bonds. The smallest absolute Gasteiger partial charge is 0.201 e. The van der Waals surface area contributed by atoms with E-state index in [4.69, 9.17) is 0 Å². The molecule has 0 saturated carbocycles. The van der Waals surface area contributed by atoms with Crippen molar-refractivity contribution < 1.29 is 17.7 Å². The molecule has 0 atom stereocenters. The molecule has 0 saturated heterocycles. The van der Waals surface area contributed by atoms with Gasteiger partial charge >= 0.3 is 6.18 Å². The van der Waals surface area contributed by atoms with E-state index in [0.29, 0.717) is 24.0 Å². The SMILES string of the molecule is Cc1cc(C)c(C)c(-c2c3c(cc[n+]2C)-c2c(cc4c(c2C(F)(F)F)Cc2cccc(C)c2-4)C3)c1. The van der Waals surface area contributed by atoms with E-state index in [9.17, 15) is 13.2 Å². The van der Waals surface area contributed by atoms with Crippen molar-refractivity contribution in [1.82, 2.24) is 0 Å². The lowest BCUT2D eigenvalue weighted by Gasteiger charge is -2.18. The van der Waals surface area contributed by atoms with Crippen LogP contribution in [0.1, 0.15) is 50.1 Å². The van der Waals surface area contributed by atoms with Crippen molar-refractivity contribution in [1.29, 1.82) is 0 Å². The highest BCUT2D eigenvalue weighted by Crippen LogP contribution is 2.53. The van der Waals surface area contributed by atoms with Crippen LogP contribution in [0.3, 0.4) is 0 Å². The second kappa shape index (κ2) is 7.30. The highest BCUT2D eigenvalue weighted by atomic mass is 19.4. The lowest BCUT2D eigenvalue weighted by molar-refractivity contribution is -0.660. The molecule has 0 radical (unpaired) electrons. The van der Waals surface area contributed by atoms with Crippen LogP contribution in [0.25, 0.3) is 33.5 Å². The maximum Gasteiger partial charge on any atom is 0.417 e. The first kappa shape index (κ1) is 22.1. The molecule has 0 unspecified atom stereocenters. The van der Waals surface area contributed by atoms with Gasteiger partial charge in [-0.25, -0.2) is 4.57 Å². The van der Waals surface area contributed by atoms with Crippen LogP contribution in [0, 0.1) is 27.7 Å². The molecule has 0 fully saturated rings. The van der Waals surface area contributed by atoms with Gasteiger partial charge in [-0.05, 0) is 102 Å². The number of halogens is 3. The van der Waals surface area contributed by atoms with Gasteiger partial charge in [0, 0.05) is 23.6 Å². The second-order valence-corrected chi connectivity index (χ2v) is 10.2. The van der Waals surface area contributed by atoms with Crippen LogP contribution < -0.4 is 4.57 Å². The third-order valence-electron chi connectivity index (χ3n) is 7.93. The van der Waals surface area contributed by atoms with Crippen LogP contribution in [0.4, 0.5) is 13.2 Å². The minimum atomic E-state index is -4.43. The Morgan fingerprint density at radius 1 is 0.743 bits per heavy atom. The first-order valence-corrected chi connectivity index (χ1v) is 12.0. The average molecular weight is 471 g/mol. The van der Waals surface area contributed by atoms with Crippen LogP contribution in [0.2, 0.25) is 0 Å². The second-order valence-electron chi connectivity index (χ2n) is 10.2. The normalized spacial score (nSPS) is 13.5. The van der Waals surface area contributed by atoms with E-state index in [-0.39, 0.29) is 0 Å². The van der Waals surface area contributed by atoms with Crippen molar-refractivity contribution in [2.45, 2.75) is 46.7 Å². The molecule has 35 heavy (non-hydrogen) atoms. The predicted molar refractivity (Wildman–Crippen MR) is 133 cm³/mol. The van der Waals surface area contributed by atoms with Crippen LogP contribution in [0.5, 0.6) is 0 Å². The molecule has 1 heterocycles. The summed E-state index contributed by atoms with van der Waals surface area (Å²) >= 11 is 0. The highest BCUT2D eigenvalue weighted by molar-refractivity contribution is 5.91. The lowest BCUT2D eigenvalue weighted by Crippen LogP contribution is -2.32. The number of pyridine rings is 1. The van der Waals surface area contributed by atoms with Gasteiger partial charge in [-0.2, -0.15) is 13.2 Å². The predicted octanol–water partition coefficient (Wildman–Crippen LogP) is 7.57. The maximum atomic E-state index is 14.8. The summed E-state index contributed by atoms with van der Waals surface area (Å²) < 4.78 is 46.4. The molecule has 6 rings (SSSR count). The minimum absolute atomic E-state index is 0.327.